The van der Waals surface area contributed by atoms with Crippen LogP contribution in [0.15, 0.2) is 11.0 Å². The summed E-state index contributed by atoms with van der Waals surface area (Å²) < 4.78 is 1.85. The van der Waals surface area contributed by atoms with E-state index in [0.29, 0.717) is 17.0 Å². The molecule has 2 aromatic heterocycles. The molecule has 4 rings (SSSR count). The summed E-state index contributed by atoms with van der Waals surface area (Å²) in [5, 5.41) is 4.96. The molecule has 2 aromatic rings. The molecule has 0 spiro atoms. The van der Waals surface area contributed by atoms with Gasteiger partial charge in [-0.15, -0.1) is 0 Å². The molecular weight excluding hydrogens is 328 g/mol. The number of piperidine rings is 1. The van der Waals surface area contributed by atoms with Gasteiger partial charge in [-0.1, -0.05) is 0 Å². The van der Waals surface area contributed by atoms with E-state index in [1.165, 1.54) is 32.5 Å². The number of rotatable bonds is 3. The van der Waals surface area contributed by atoms with Crippen molar-refractivity contribution in [3.05, 3.63) is 16.6 Å². The van der Waals surface area contributed by atoms with Gasteiger partial charge >= 0.3 is 0 Å². The third-order valence-electron chi connectivity index (χ3n) is 5.69. The first kappa shape index (κ1) is 17.5. The molecule has 7 heteroatoms. The van der Waals surface area contributed by atoms with Crippen LogP contribution in [0.4, 0.5) is 5.95 Å². The summed E-state index contributed by atoms with van der Waals surface area (Å²) in [5.41, 5.74) is 0.373. The van der Waals surface area contributed by atoms with Crippen molar-refractivity contribution in [3.8, 4) is 0 Å². The van der Waals surface area contributed by atoms with E-state index < -0.39 is 0 Å². The number of likely N-dealkylation sites (tertiary alicyclic amines) is 1. The first-order valence-corrected chi connectivity index (χ1v) is 9.87. The summed E-state index contributed by atoms with van der Waals surface area (Å²) in [6, 6.07) is 0. The van der Waals surface area contributed by atoms with Crippen molar-refractivity contribution < 1.29 is 0 Å². The number of fused-ring (bicyclic) bond motifs is 1. The number of anilines is 1. The molecule has 0 radical (unpaired) electrons. The number of aromatic amines is 1. The largest absolute Gasteiger partial charge is 0.342 e. The van der Waals surface area contributed by atoms with Gasteiger partial charge in [0.05, 0.1) is 11.7 Å². The zero-order valence-electron chi connectivity index (χ0n) is 16.2. The van der Waals surface area contributed by atoms with Crippen molar-refractivity contribution in [2.75, 3.05) is 37.6 Å². The van der Waals surface area contributed by atoms with Crippen LogP contribution in [0.3, 0.4) is 0 Å². The molecule has 0 saturated carbocycles. The van der Waals surface area contributed by atoms with Gasteiger partial charge in [0.25, 0.3) is 5.56 Å². The van der Waals surface area contributed by atoms with Gasteiger partial charge in [-0.2, -0.15) is 10.1 Å². The molecular formula is C19H30N6O. The SMILES string of the molecule is CC(C)(C)n1ncc2c(=O)[nH]c(N3CCC(CN4CCCC4)CC3)nc21. The van der Waals surface area contributed by atoms with Crippen molar-refractivity contribution in [2.45, 2.75) is 52.0 Å². The maximum Gasteiger partial charge on any atom is 0.263 e. The Morgan fingerprint density at radius 3 is 2.50 bits per heavy atom. The van der Waals surface area contributed by atoms with E-state index in [1.807, 2.05) is 4.68 Å². The lowest BCUT2D eigenvalue weighted by atomic mass is 9.96. The van der Waals surface area contributed by atoms with Crippen molar-refractivity contribution in [1.82, 2.24) is 24.6 Å². The predicted molar refractivity (Wildman–Crippen MR) is 104 cm³/mol. The van der Waals surface area contributed by atoms with E-state index >= 15 is 0 Å². The highest BCUT2D eigenvalue weighted by Gasteiger charge is 2.25. The van der Waals surface area contributed by atoms with Crippen LogP contribution in [0.5, 0.6) is 0 Å². The van der Waals surface area contributed by atoms with Gasteiger partial charge in [0.15, 0.2) is 5.65 Å². The zero-order valence-corrected chi connectivity index (χ0v) is 16.2. The lowest BCUT2D eigenvalue weighted by molar-refractivity contribution is 0.249. The lowest BCUT2D eigenvalue weighted by Crippen LogP contribution is -2.39. The molecule has 4 heterocycles. The molecule has 2 fully saturated rings. The van der Waals surface area contributed by atoms with Crippen molar-refractivity contribution in [2.24, 2.45) is 5.92 Å². The van der Waals surface area contributed by atoms with Crippen molar-refractivity contribution >= 4 is 17.0 Å². The van der Waals surface area contributed by atoms with Gasteiger partial charge < -0.3 is 9.80 Å². The molecule has 2 aliphatic heterocycles. The van der Waals surface area contributed by atoms with Crippen LogP contribution in [0.25, 0.3) is 11.0 Å². The smallest absolute Gasteiger partial charge is 0.263 e. The number of aromatic nitrogens is 4. The average molecular weight is 358 g/mol. The molecule has 2 aliphatic rings. The van der Waals surface area contributed by atoms with Gasteiger partial charge in [-0.3, -0.25) is 9.78 Å². The van der Waals surface area contributed by atoms with Gasteiger partial charge in [-0.25, -0.2) is 4.68 Å². The summed E-state index contributed by atoms with van der Waals surface area (Å²) >= 11 is 0. The Bertz CT molecular complexity index is 819. The fourth-order valence-corrected chi connectivity index (χ4v) is 4.21. The quantitative estimate of drug-likeness (QED) is 0.911. The number of hydrogen-bond acceptors (Lipinski definition) is 5. The second kappa shape index (κ2) is 6.68. The highest BCUT2D eigenvalue weighted by Crippen LogP contribution is 2.24. The summed E-state index contributed by atoms with van der Waals surface area (Å²) in [6.45, 7) is 11.9. The standard InChI is InChI=1S/C19H30N6O/c1-19(2,3)25-16-15(12-20-25)17(26)22-18(21-16)24-10-6-14(7-11-24)13-23-8-4-5-9-23/h12,14H,4-11,13H2,1-3H3,(H,21,22,26). The maximum absolute atomic E-state index is 12.5. The first-order valence-electron chi connectivity index (χ1n) is 9.87. The molecule has 0 amide bonds. The Morgan fingerprint density at radius 2 is 1.85 bits per heavy atom. The zero-order chi connectivity index (χ0) is 18.3. The van der Waals surface area contributed by atoms with Crippen LogP contribution in [0, 0.1) is 5.92 Å². The van der Waals surface area contributed by atoms with Gasteiger partial charge in [-0.05, 0) is 65.5 Å². The van der Waals surface area contributed by atoms with Crippen molar-refractivity contribution in [3.63, 3.8) is 0 Å². The summed E-state index contributed by atoms with van der Waals surface area (Å²) in [6.07, 6.45) is 6.66. The second-order valence-corrected chi connectivity index (χ2v) is 8.79. The minimum atomic E-state index is -0.206. The molecule has 0 aromatic carbocycles. The fourth-order valence-electron chi connectivity index (χ4n) is 4.21. The van der Waals surface area contributed by atoms with E-state index in [4.69, 9.17) is 4.98 Å². The summed E-state index contributed by atoms with van der Waals surface area (Å²) in [7, 11) is 0. The number of nitrogens with zero attached hydrogens (tertiary/aromatic N) is 5. The molecule has 0 atom stereocenters. The molecule has 7 nitrogen and oxygen atoms in total. The molecule has 1 N–H and O–H groups in total. The Morgan fingerprint density at radius 1 is 1.15 bits per heavy atom. The highest BCUT2D eigenvalue weighted by atomic mass is 16.1. The number of nitrogens with one attached hydrogen (secondary N) is 1. The molecule has 142 valence electrons. The Kier molecular flexibility index (Phi) is 4.50. The Hall–Kier alpha value is -1.89. The van der Waals surface area contributed by atoms with Crippen LogP contribution in [0.1, 0.15) is 46.5 Å². The van der Waals surface area contributed by atoms with Gasteiger partial charge in [0, 0.05) is 19.6 Å². The second-order valence-electron chi connectivity index (χ2n) is 8.79. The average Bonchev–Trinajstić information content (AvgIpc) is 3.24. The first-order chi connectivity index (χ1) is 12.4. The minimum Gasteiger partial charge on any atom is -0.342 e. The molecule has 0 aliphatic carbocycles. The van der Waals surface area contributed by atoms with Crippen molar-refractivity contribution in [1.29, 1.82) is 0 Å². The molecule has 0 bridgehead atoms. The fraction of sp³-hybridized carbons (Fsp3) is 0.737. The van der Waals surface area contributed by atoms with Gasteiger partial charge in [0.1, 0.15) is 5.39 Å². The number of hydrogen-bond donors (Lipinski definition) is 1. The van der Waals surface area contributed by atoms with Crippen LogP contribution in [0.2, 0.25) is 0 Å². The third-order valence-corrected chi connectivity index (χ3v) is 5.69. The summed E-state index contributed by atoms with van der Waals surface area (Å²) in [5.74, 6) is 1.45. The van der Waals surface area contributed by atoms with E-state index in [0.717, 1.165) is 31.8 Å². The molecule has 0 unspecified atom stereocenters. The van der Waals surface area contributed by atoms with Crippen LogP contribution >= 0.6 is 0 Å². The highest BCUT2D eigenvalue weighted by molar-refractivity contribution is 5.74. The summed E-state index contributed by atoms with van der Waals surface area (Å²) in [4.78, 5) is 25.1. The predicted octanol–water partition coefficient (Wildman–Crippen LogP) is 2.19. The maximum atomic E-state index is 12.5. The van der Waals surface area contributed by atoms with E-state index in [9.17, 15) is 4.79 Å². The topological polar surface area (TPSA) is 70.1 Å². The van der Waals surface area contributed by atoms with E-state index in [-0.39, 0.29) is 11.1 Å². The lowest BCUT2D eigenvalue weighted by Gasteiger charge is -2.34. The van der Waals surface area contributed by atoms with E-state index in [2.05, 4.69) is 40.7 Å². The minimum absolute atomic E-state index is 0.0975. The van der Waals surface area contributed by atoms with E-state index in [1.54, 1.807) is 6.20 Å². The third kappa shape index (κ3) is 3.37. The number of H-pyrrole nitrogens is 1. The van der Waals surface area contributed by atoms with Crippen LogP contribution < -0.4 is 10.5 Å². The van der Waals surface area contributed by atoms with Crippen LogP contribution in [-0.2, 0) is 5.54 Å². The Balaban J connectivity index is 1.51. The van der Waals surface area contributed by atoms with Gasteiger partial charge in [0.2, 0.25) is 5.95 Å². The molecule has 26 heavy (non-hydrogen) atoms. The van der Waals surface area contributed by atoms with Crippen LogP contribution in [-0.4, -0.2) is 57.4 Å². The monoisotopic (exact) mass is 358 g/mol. The molecule has 2 saturated heterocycles. The Labute approximate surface area is 154 Å². The normalized spacial score (nSPS) is 20.3.